The van der Waals surface area contributed by atoms with Gasteiger partial charge in [0.1, 0.15) is 0 Å². The predicted molar refractivity (Wildman–Crippen MR) is 102 cm³/mol. The van der Waals surface area contributed by atoms with Gasteiger partial charge < -0.3 is 14.2 Å². The van der Waals surface area contributed by atoms with Crippen LogP contribution in [0.25, 0.3) is 0 Å². The summed E-state index contributed by atoms with van der Waals surface area (Å²) in [4.78, 5) is 23.5. The van der Waals surface area contributed by atoms with E-state index in [0.717, 1.165) is 38.0 Å². The number of ether oxygens (including phenoxy) is 3. The van der Waals surface area contributed by atoms with Crippen molar-refractivity contribution in [2.45, 2.75) is 57.8 Å². The standard InChI is InChI=1S/C20H29ClO5/c1-24-17-11-6-7-12-18(17)26-20(23)14-10-13-19(22)25-16-9-5-3-2-4-8-15-21/h6-7,11-12H,2-5,8-10,13-16H2,1H3. The molecule has 0 aromatic heterocycles. The zero-order valence-corrected chi connectivity index (χ0v) is 16.3. The second-order valence-electron chi connectivity index (χ2n) is 6.01. The van der Waals surface area contributed by atoms with E-state index < -0.39 is 0 Å². The summed E-state index contributed by atoms with van der Waals surface area (Å²) in [5, 5.41) is 0. The Balaban J connectivity index is 2.06. The highest BCUT2D eigenvalue weighted by Gasteiger charge is 2.11. The van der Waals surface area contributed by atoms with Gasteiger partial charge in [0.2, 0.25) is 0 Å². The van der Waals surface area contributed by atoms with Gasteiger partial charge in [-0.15, -0.1) is 11.6 Å². The summed E-state index contributed by atoms with van der Waals surface area (Å²) in [5.41, 5.74) is 0. The molecule has 0 atom stereocenters. The van der Waals surface area contributed by atoms with Gasteiger partial charge in [0.15, 0.2) is 11.5 Å². The third kappa shape index (κ3) is 10.3. The number of esters is 2. The highest BCUT2D eigenvalue weighted by Crippen LogP contribution is 2.26. The molecule has 26 heavy (non-hydrogen) atoms. The number of halogens is 1. The van der Waals surface area contributed by atoms with Crippen LogP contribution in [-0.2, 0) is 14.3 Å². The van der Waals surface area contributed by atoms with Crippen LogP contribution in [0.15, 0.2) is 24.3 Å². The van der Waals surface area contributed by atoms with E-state index in [9.17, 15) is 9.59 Å². The minimum Gasteiger partial charge on any atom is -0.493 e. The second-order valence-corrected chi connectivity index (χ2v) is 6.39. The first-order valence-corrected chi connectivity index (χ1v) is 9.76. The topological polar surface area (TPSA) is 61.8 Å². The Morgan fingerprint density at radius 1 is 0.846 bits per heavy atom. The molecule has 0 aliphatic rings. The summed E-state index contributed by atoms with van der Waals surface area (Å²) in [6, 6.07) is 6.95. The molecule has 0 aliphatic heterocycles. The fourth-order valence-corrected chi connectivity index (χ4v) is 2.60. The number of para-hydroxylation sites is 2. The Labute approximate surface area is 161 Å². The lowest BCUT2D eigenvalue weighted by molar-refractivity contribution is -0.144. The van der Waals surface area contributed by atoms with Crippen molar-refractivity contribution in [2.75, 3.05) is 19.6 Å². The average molecular weight is 385 g/mol. The maximum absolute atomic E-state index is 11.8. The normalized spacial score (nSPS) is 10.4. The smallest absolute Gasteiger partial charge is 0.311 e. The van der Waals surface area contributed by atoms with E-state index >= 15 is 0 Å². The van der Waals surface area contributed by atoms with Gasteiger partial charge in [-0.2, -0.15) is 0 Å². The van der Waals surface area contributed by atoms with Crippen molar-refractivity contribution in [3.8, 4) is 11.5 Å². The summed E-state index contributed by atoms with van der Waals surface area (Å²) in [6.07, 6.45) is 7.27. The van der Waals surface area contributed by atoms with E-state index in [1.807, 2.05) is 0 Å². The molecule has 5 nitrogen and oxygen atoms in total. The molecule has 0 N–H and O–H groups in total. The Morgan fingerprint density at radius 3 is 2.15 bits per heavy atom. The highest BCUT2D eigenvalue weighted by atomic mass is 35.5. The lowest BCUT2D eigenvalue weighted by Crippen LogP contribution is -2.11. The van der Waals surface area contributed by atoms with Crippen LogP contribution in [0.4, 0.5) is 0 Å². The second kappa shape index (κ2) is 14.4. The van der Waals surface area contributed by atoms with Gasteiger partial charge in [-0.1, -0.05) is 37.8 Å². The molecule has 146 valence electrons. The molecule has 0 amide bonds. The molecule has 1 aromatic rings. The lowest BCUT2D eigenvalue weighted by Gasteiger charge is -2.08. The van der Waals surface area contributed by atoms with Gasteiger partial charge >= 0.3 is 11.9 Å². The van der Waals surface area contributed by atoms with Crippen molar-refractivity contribution in [3.05, 3.63) is 24.3 Å². The molecular formula is C20H29ClO5. The van der Waals surface area contributed by atoms with Crippen molar-refractivity contribution in [3.63, 3.8) is 0 Å². The molecule has 6 heteroatoms. The Hall–Kier alpha value is -1.75. The zero-order valence-electron chi connectivity index (χ0n) is 15.5. The third-order valence-corrected chi connectivity index (χ3v) is 4.11. The van der Waals surface area contributed by atoms with E-state index in [1.54, 1.807) is 24.3 Å². The van der Waals surface area contributed by atoms with Gasteiger partial charge in [-0.3, -0.25) is 9.59 Å². The zero-order chi connectivity index (χ0) is 19.0. The van der Waals surface area contributed by atoms with Crippen LogP contribution in [0.3, 0.4) is 0 Å². The summed E-state index contributed by atoms with van der Waals surface area (Å²) in [6.45, 7) is 0.444. The number of methoxy groups -OCH3 is 1. The van der Waals surface area contributed by atoms with Crippen molar-refractivity contribution in [2.24, 2.45) is 0 Å². The van der Waals surface area contributed by atoms with E-state index in [1.165, 1.54) is 13.5 Å². The fraction of sp³-hybridized carbons (Fsp3) is 0.600. The first kappa shape index (κ1) is 22.3. The molecule has 0 aliphatic carbocycles. The number of carbonyl (C=O) groups is 2. The molecule has 0 unspecified atom stereocenters. The Bertz CT molecular complexity index is 533. The van der Waals surface area contributed by atoms with Crippen LogP contribution in [0, 0.1) is 0 Å². The van der Waals surface area contributed by atoms with Crippen LogP contribution >= 0.6 is 11.6 Å². The minimum absolute atomic E-state index is 0.160. The van der Waals surface area contributed by atoms with Crippen LogP contribution < -0.4 is 9.47 Å². The summed E-state index contributed by atoms with van der Waals surface area (Å²) in [5.74, 6) is 0.956. The monoisotopic (exact) mass is 384 g/mol. The van der Waals surface area contributed by atoms with Gasteiger partial charge in [0.05, 0.1) is 13.7 Å². The number of hydrogen-bond acceptors (Lipinski definition) is 5. The Kier molecular flexibility index (Phi) is 12.4. The molecular weight excluding hydrogens is 356 g/mol. The highest BCUT2D eigenvalue weighted by molar-refractivity contribution is 6.17. The van der Waals surface area contributed by atoms with Crippen molar-refractivity contribution in [1.29, 1.82) is 0 Å². The quantitative estimate of drug-likeness (QED) is 0.198. The number of benzene rings is 1. The first-order valence-electron chi connectivity index (χ1n) is 9.22. The molecule has 0 saturated carbocycles. The number of carbonyl (C=O) groups excluding carboxylic acids is 2. The van der Waals surface area contributed by atoms with E-state index in [-0.39, 0.29) is 24.8 Å². The van der Waals surface area contributed by atoms with E-state index in [2.05, 4.69) is 0 Å². The van der Waals surface area contributed by atoms with Crippen molar-refractivity contribution >= 4 is 23.5 Å². The van der Waals surface area contributed by atoms with Gasteiger partial charge in [-0.05, 0) is 31.4 Å². The van der Waals surface area contributed by atoms with Gasteiger partial charge in [-0.25, -0.2) is 0 Å². The molecule has 0 spiro atoms. The van der Waals surface area contributed by atoms with Gasteiger partial charge in [0.25, 0.3) is 0 Å². The number of alkyl halides is 1. The summed E-state index contributed by atoms with van der Waals surface area (Å²) >= 11 is 5.62. The molecule has 0 bridgehead atoms. The number of hydrogen-bond donors (Lipinski definition) is 0. The lowest BCUT2D eigenvalue weighted by atomic mass is 10.1. The third-order valence-electron chi connectivity index (χ3n) is 3.85. The average Bonchev–Trinajstić information content (AvgIpc) is 2.64. The van der Waals surface area contributed by atoms with Crippen LogP contribution in [0.2, 0.25) is 0 Å². The van der Waals surface area contributed by atoms with Crippen LogP contribution in [0.5, 0.6) is 11.5 Å². The molecule has 0 radical (unpaired) electrons. The summed E-state index contributed by atoms with van der Waals surface area (Å²) < 4.78 is 15.5. The number of rotatable bonds is 14. The fourth-order valence-electron chi connectivity index (χ4n) is 2.42. The van der Waals surface area contributed by atoms with E-state index in [4.69, 9.17) is 25.8 Å². The molecule has 0 fully saturated rings. The van der Waals surface area contributed by atoms with E-state index in [0.29, 0.717) is 24.5 Å². The molecule has 0 heterocycles. The van der Waals surface area contributed by atoms with Gasteiger partial charge in [0, 0.05) is 18.7 Å². The van der Waals surface area contributed by atoms with Crippen LogP contribution in [0.1, 0.15) is 57.8 Å². The van der Waals surface area contributed by atoms with Crippen molar-refractivity contribution in [1.82, 2.24) is 0 Å². The minimum atomic E-state index is -0.390. The maximum Gasteiger partial charge on any atom is 0.311 e. The van der Waals surface area contributed by atoms with Crippen molar-refractivity contribution < 1.29 is 23.8 Å². The molecule has 1 aromatic carbocycles. The Morgan fingerprint density at radius 2 is 1.46 bits per heavy atom. The largest absolute Gasteiger partial charge is 0.493 e. The molecule has 0 saturated heterocycles. The van der Waals surface area contributed by atoms with Crippen LogP contribution in [-0.4, -0.2) is 31.5 Å². The SMILES string of the molecule is COc1ccccc1OC(=O)CCCC(=O)OCCCCCCCCCl. The first-order chi connectivity index (χ1) is 12.7. The number of unbranched alkanes of at least 4 members (excludes halogenated alkanes) is 5. The summed E-state index contributed by atoms with van der Waals surface area (Å²) in [7, 11) is 1.52. The predicted octanol–water partition coefficient (Wildman–Crippen LogP) is 4.89. The maximum atomic E-state index is 11.8. The molecule has 1 rings (SSSR count).